The van der Waals surface area contributed by atoms with E-state index >= 15 is 0 Å². The lowest BCUT2D eigenvalue weighted by atomic mass is 10.2. The van der Waals surface area contributed by atoms with E-state index < -0.39 is 0 Å². The molecule has 138 valence electrons. The number of rotatable bonds is 8. The summed E-state index contributed by atoms with van der Waals surface area (Å²) in [5, 5.41) is 3.99. The Morgan fingerprint density at radius 1 is 1.32 bits per heavy atom. The highest BCUT2D eigenvalue weighted by Gasteiger charge is 2.21. The molecule has 5 nitrogen and oxygen atoms in total. The van der Waals surface area contributed by atoms with Crippen molar-refractivity contribution in [3.8, 4) is 0 Å². The van der Waals surface area contributed by atoms with Crippen LogP contribution in [0.5, 0.6) is 0 Å². The van der Waals surface area contributed by atoms with Gasteiger partial charge in [0.15, 0.2) is 5.16 Å². The standard InChI is InChI=1S/C18H27N3O2S2/c1-6-8-10-21-17(23)14-11(3)12(4)24-16(14)20-18(21)25-13(5)15(22)19-9-7-2/h13H,6-10H2,1-5H3,(H,19,22)/t13-/m1/s1. The molecule has 2 aromatic rings. The summed E-state index contributed by atoms with van der Waals surface area (Å²) in [7, 11) is 0. The van der Waals surface area contributed by atoms with Gasteiger partial charge in [-0.05, 0) is 39.2 Å². The molecule has 1 atom stereocenters. The maximum absolute atomic E-state index is 13.0. The van der Waals surface area contributed by atoms with Crippen molar-refractivity contribution in [3.05, 3.63) is 20.8 Å². The van der Waals surface area contributed by atoms with Gasteiger partial charge in [-0.2, -0.15) is 0 Å². The fourth-order valence-electron chi connectivity index (χ4n) is 2.52. The summed E-state index contributed by atoms with van der Waals surface area (Å²) in [5.41, 5.74) is 1.04. The molecule has 2 rings (SSSR count). The van der Waals surface area contributed by atoms with Gasteiger partial charge >= 0.3 is 0 Å². The van der Waals surface area contributed by atoms with Crippen LogP contribution in [-0.4, -0.2) is 27.3 Å². The van der Waals surface area contributed by atoms with Crippen LogP contribution in [0.15, 0.2) is 9.95 Å². The van der Waals surface area contributed by atoms with Gasteiger partial charge in [-0.25, -0.2) is 4.98 Å². The van der Waals surface area contributed by atoms with Crippen molar-refractivity contribution in [1.29, 1.82) is 0 Å². The average molecular weight is 382 g/mol. The third-order valence-corrected chi connectivity index (χ3v) is 6.38. The molecule has 0 unspecified atom stereocenters. The number of thiophene rings is 1. The maximum atomic E-state index is 13.0. The Hall–Kier alpha value is -1.34. The van der Waals surface area contributed by atoms with Crippen molar-refractivity contribution in [2.75, 3.05) is 6.54 Å². The maximum Gasteiger partial charge on any atom is 0.263 e. The molecule has 0 aliphatic carbocycles. The van der Waals surface area contributed by atoms with E-state index in [1.54, 1.807) is 15.9 Å². The van der Waals surface area contributed by atoms with Crippen molar-refractivity contribution in [2.24, 2.45) is 0 Å². The van der Waals surface area contributed by atoms with E-state index in [1.165, 1.54) is 11.8 Å². The molecule has 25 heavy (non-hydrogen) atoms. The highest BCUT2D eigenvalue weighted by atomic mass is 32.2. The third kappa shape index (κ3) is 4.44. The fraction of sp³-hybridized carbons (Fsp3) is 0.611. The van der Waals surface area contributed by atoms with Crippen LogP contribution in [0.2, 0.25) is 0 Å². The number of hydrogen-bond acceptors (Lipinski definition) is 5. The van der Waals surface area contributed by atoms with Gasteiger partial charge in [0.05, 0.1) is 10.6 Å². The first-order valence-electron chi connectivity index (χ1n) is 8.85. The van der Waals surface area contributed by atoms with E-state index in [0.29, 0.717) is 18.2 Å². The normalized spacial score (nSPS) is 12.5. The molecule has 1 amide bonds. The summed E-state index contributed by atoms with van der Waals surface area (Å²) < 4.78 is 1.75. The van der Waals surface area contributed by atoms with Crippen molar-refractivity contribution >= 4 is 39.2 Å². The van der Waals surface area contributed by atoms with Gasteiger partial charge in [-0.3, -0.25) is 14.2 Å². The van der Waals surface area contributed by atoms with Crippen LogP contribution in [0.25, 0.3) is 10.2 Å². The van der Waals surface area contributed by atoms with Crippen molar-refractivity contribution < 1.29 is 4.79 Å². The van der Waals surface area contributed by atoms with Crippen LogP contribution in [0.1, 0.15) is 50.5 Å². The number of carbonyl (C=O) groups excluding carboxylic acids is 1. The van der Waals surface area contributed by atoms with E-state index in [4.69, 9.17) is 4.98 Å². The van der Waals surface area contributed by atoms with Gasteiger partial charge in [-0.15, -0.1) is 11.3 Å². The number of nitrogens with zero attached hydrogens (tertiary/aromatic N) is 2. The lowest BCUT2D eigenvalue weighted by molar-refractivity contribution is -0.120. The zero-order valence-electron chi connectivity index (χ0n) is 15.6. The summed E-state index contributed by atoms with van der Waals surface area (Å²) in [6, 6.07) is 0. The smallest absolute Gasteiger partial charge is 0.263 e. The van der Waals surface area contributed by atoms with Crippen LogP contribution >= 0.6 is 23.1 Å². The summed E-state index contributed by atoms with van der Waals surface area (Å²) >= 11 is 2.92. The Bertz CT molecular complexity index is 811. The topological polar surface area (TPSA) is 64.0 Å². The quantitative estimate of drug-likeness (QED) is 0.557. The van der Waals surface area contributed by atoms with Gasteiger partial charge in [0.2, 0.25) is 5.91 Å². The Balaban J connectivity index is 2.43. The van der Waals surface area contributed by atoms with Crippen molar-refractivity contribution in [2.45, 2.75) is 70.8 Å². The molecule has 0 saturated heterocycles. The Morgan fingerprint density at radius 2 is 2.04 bits per heavy atom. The summed E-state index contributed by atoms with van der Waals surface area (Å²) in [4.78, 5) is 31.9. The molecular weight excluding hydrogens is 354 g/mol. The predicted octanol–water partition coefficient (Wildman–Crippen LogP) is 3.88. The molecule has 0 bridgehead atoms. The molecule has 0 aliphatic heterocycles. The van der Waals surface area contributed by atoms with Crippen molar-refractivity contribution in [1.82, 2.24) is 14.9 Å². The first kappa shape index (κ1) is 20.0. The summed E-state index contributed by atoms with van der Waals surface area (Å²) in [6.45, 7) is 11.3. The first-order valence-corrected chi connectivity index (χ1v) is 10.5. The number of aryl methyl sites for hydroxylation is 2. The molecule has 0 fully saturated rings. The second-order valence-corrected chi connectivity index (χ2v) is 8.73. The van der Waals surface area contributed by atoms with E-state index in [2.05, 4.69) is 12.2 Å². The predicted molar refractivity (Wildman–Crippen MR) is 107 cm³/mol. The molecule has 0 aliphatic rings. The van der Waals surface area contributed by atoms with Crippen LogP contribution in [0.4, 0.5) is 0 Å². The lowest BCUT2D eigenvalue weighted by Crippen LogP contribution is -2.32. The minimum Gasteiger partial charge on any atom is -0.355 e. The van der Waals surface area contributed by atoms with E-state index in [9.17, 15) is 9.59 Å². The average Bonchev–Trinajstić information content (AvgIpc) is 2.86. The van der Waals surface area contributed by atoms with Crippen molar-refractivity contribution in [3.63, 3.8) is 0 Å². The molecule has 7 heteroatoms. The van der Waals surface area contributed by atoms with Crippen LogP contribution in [0, 0.1) is 13.8 Å². The van der Waals surface area contributed by atoms with Gasteiger partial charge < -0.3 is 5.32 Å². The van der Waals surface area contributed by atoms with E-state index in [1.807, 2.05) is 27.7 Å². The number of aromatic nitrogens is 2. The second-order valence-electron chi connectivity index (χ2n) is 6.22. The Kier molecular flexibility index (Phi) is 7.07. The number of carbonyl (C=O) groups is 1. The number of fused-ring (bicyclic) bond motifs is 1. The molecule has 2 heterocycles. The number of unbranched alkanes of at least 4 members (excludes halogenated alkanes) is 1. The molecule has 0 spiro atoms. The largest absolute Gasteiger partial charge is 0.355 e. The van der Waals surface area contributed by atoms with Gasteiger partial charge in [0.25, 0.3) is 5.56 Å². The Morgan fingerprint density at radius 3 is 2.68 bits per heavy atom. The van der Waals surface area contributed by atoms with Gasteiger partial charge in [0, 0.05) is 18.0 Å². The number of amides is 1. The monoisotopic (exact) mass is 381 g/mol. The molecule has 1 N–H and O–H groups in total. The summed E-state index contributed by atoms with van der Waals surface area (Å²) in [6.07, 6.45) is 2.82. The summed E-state index contributed by atoms with van der Waals surface area (Å²) in [5.74, 6) is -0.0122. The minimum atomic E-state index is -0.286. The number of hydrogen-bond donors (Lipinski definition) is 1. The molecule has 0 saturated carbocycles. The van der Waals surface area contributed by atoms with Crippen LogP contribution < -0.4 is 10.9 Å². The molecule has 0 radical (unpaired) electrons. The number of nitrogens with one attached hydrogen (secondary N) is 1. The third-order valence-electron chi connectivity index (χ3n) is 4.19. The molecule has 2 aromatic heterocycles. The fourth-order valence-corrected chi connectivity index (χ4v) is 4.55. The van der Waals surface area contributed by atoms with Gasteiger partial charge in [-0.1, -0.05) is 32.0 Å². The van der Waals surface area contributed by atoms with Gasteiger partial charge in [0.1, 0.15) is 4.83 Å². The Labute approximate surface area is 157 Å². The van der Waals surface area contributed by atoms with E-state index in [-0.39, 0.29) is 16.7 Å². The minimum absolute atomic E-state index is 0.0122. The van der Waals surface area contributed by atoms with Crippen LogP contribution in [0.3, 0.4) is 0 Å². The first-order chi connectivity index (χ1) is 11.9. The second kappa shape index (κ2) is 8.85. The zero-order valence-corrected chi connectivity index (χ0v) is 17.3. The van der Waals surface area contributed by atoms with Crippen LogP contribution in [-0.2, 0) is 11.3 Å². The highest BCUT2D eigenvalue weighted by molar-refractivity contribution is 8.00. The SMILES string of the molecule is CCCCn1c(S[C@H](C)C(=O)NCCC)nc2sc(C)c(C)c2c1=O. The molecular formula is C18H27N3O2S2. The lowest BCUT2D eigenvalue weighted by Gasteiger charge is -2.15. The highest BCUT2D eigenvalue weighted by Crippen LogP contribution is 2.29. The number of thioether (sulfide) groups is 1. The molecule has 0 aromatic carbocycles. The zero-order chi connectivity index (χ0) is 18.6. The van der Waals surface area contributed by atoms with E-state index in [0.717, 1.165) is 39.9 Å².